The number of rotatable bonds is 10. The minimum absolute atomic E-state index is 0.105. The molecule has 0 amide bonds. The van der Waals surface area contributed by atoms with Gasteiger partial charge < -0.3 is 19.1 Å². The smallest absolute Gasteiger partial charge is 0.380 e. The van der Waals surface area contributed by atoms with E-state index in [0.717, 1.165) is 29.0 Å². The third kappa shape index (κ3) is 6.64. The molecule has 1 aliphatic heterocycles. The Hall–Kier alpha value is -2.02. The molecule has 0 radical (unpaired) electrons. The molecule has 3 rings (SSSR count). The number of aromatic amines is 1. The Morgan fingerprint density at radius 1 is 1.42 bits per heavy atom. The van der Waals surface area contributed by atoms with Crippen molar-refractivity contribution in [2.45, 2.75) is 36.1 Å². The summed E-state index contributed by atoms with van der Waals surface area (Å²) in [5.74, 6) is -2.30. The van der Waals surface area contributed by atoms with Crippen LogP contribution in [0, 0.1) is 11.7 Å². The second kappa shape index (κ2) is 11.6. The molecule has 6 atom stereocenters. The summed E-state index contributed by atoms with van der Waals surface area (Å²) < 4.78 is 48.2. The number of carbonyl (C=O) groups is 1. The molecule has 1 aromatic heterocycles. The summed E-state index contributed by atoms with van der Waals surface area (Å²) in [7, 11) is -4.16. The molecule has 1 saturated heterocycles. The van der Waals surface area contributed by atoms with Crippen molar-refractivity contribution in [3.63, 3.8) is 0 Å². The minimum atomic E-state index is -4.16. The number of ether oxygens (including phenoxy) is 2. The van der Waals surface area contributed by atoms with Crippen LogP contribution >= 0.6 is 35.1 Å². The minimum Gasteiger partial charge on any atom is -0.466 e. The number of alkyl halides is 2. The van der Waals surface area contributed by atoms with E-state index in [9.17, 15) is 28.4 Å². The maximum absolute atomic E-state index is 13.7. The molecule has 0 bridgehead atoms. The van der Waals surface area contributed by atoms with E-state index >= 15 is 0 Å². The van der Waals surface area contributed by atoms with Gasteiger partial charge in [-0.2, -0.15) is 0 Å². The Morgan fingerprint density at radius 2 is 2.14 bits per heavy atom. The van der Waals surface area contributed by atoms with E-state index in [1.165, 1.54) is 19.1 Å². The van der Waals surface area contributed by atoms with Gasteiger partial charge in [0.2, 0.25) is 0 Å². The van der Waals surface area contributed by atoms with Crippen LogP contribution in [-0.2, 0) is 23.4 Å². The van der Waals surface area contributed by atoms with E-state index in [1.54, 1.807) is 6.92 Å². The molecule has 1 aromatic carbocycles. The van der Waals surface area contributed by atoms with Crippen LogP contribution in [0.5, 0.6) is 5.75 Å². The summed E-state index contributed by atoms with van der Waals surface area (Å²) in [6, 6.07) is 5.92. The Labute approximate surface area is 218 Å². The monoisotopic (exact) mass is 612 g/mol. The van der Waals surface area contributed by atoms with Gasteiger partial charge in [-0.05, 0) is 19.1 Å². The number of esters is 1. The number of carbonyl (C=O) groups excluding carboxylic acids is 1. The number of aromatic nitrogens is 2. The number of aliphatic hydroxyl groups excluding tert-OH is 1. The van der Waals surface area contributed by atoms with E-state index in [1.807, 2.05) is 0 Å². The second-order valence-corrected chi connectivity index (χ2v) is 12.4. The zero-order valence-electron chi connectivity index (χ0n) is 19.1. The number of hydrogen-bond acceptors (Lipinski definition) is 9. The molecule has 0 saturated carbocycles. The molecule has 2 N–H and O–H groups in total. The molecule has 11 nitrogen and oxygen atoms in total. The highest BCUT2D eigenvalue weighted by molar-refractivity contribution is 9.10. The van der Waals surface area contributed by atoms with Crippen molar-refractivity contribution in [2.24, 2.45) is 5.92 Å². The molecular weight excluding hydrogens is 590 g/mol. The molecule has 0 unspecified atom stereocenters. The number of nitrogens with zero attached hydrogens (tertiary/aromatic N) is 1. The highest BCUT2D eigenvalue weighted by Crippen LogP contribution is 2.52. The van der Waals surface area contributed by atoms with Crippen molar-refractivity contribution < 1.29 is 37.4 Å². The first kappa shape index (κ1) is 28.5. The van der Waals surface area contributed by atoms with Gasteiger partial charge in [-0.25, -0.2) is 13.8 Å². The average molecular weight is 614 g/mol. The molecule has 2 aromatic rings. The van der Waals surface area contributed by atoms with E-state index in [2.05, 4.69) is 20.9 Å². The SMILES string of the molecule is CCOC(=O)[C@H](C)C[P@](=O)(OC[C@H]1O[C@@H](n2ccc(=O)[nH]c2=O)[C@](Cl)(Br)[C@@H]1O)Oc1cccc(F)c1. The van der Waals surface area contributed by atoms with Crippen LogP contribution in [0.3, 0.4) is 0 Å². The largest absolute Gasteiger partial charge is 0.466 e. The summed E-state index contributed by atoms with van der Waals surface area (Å²) in [5, 5.41) is 10.7. The third-order valence-electron chi connectivity index (χ3n) is 5.15. The van der Waals surface area contributed by atoms with Crippen LogP contribution in [0.2, 0.25) is 0 Å². The van der Waals surface area contributed by atoms with Crippen LogP contribution in [0.25, 0.3) is 0 Å². The predicted octanol–water partition coefficient (Wildman–Crippen LogP) is 2.75. The first-order valence-electron chi connectivity index (χ1n) is 10.7. The summed E-state index contributed by atoms with van der Waals surface area (Å²) in [4.78, 5) is 37.8. The average Bonchev–Trinajstić information content (AvgIpc) is 3.01. The van der Waals surface area contributed by atoms with E-state index in [-0.39, 0.29) is 12.4 Å². The van der Waals surface area contributed by atoms with Gasteiger partial charge in [-0.3, -0.25) is 23.7 Å². The molecule has 15 heteroatoms. The zero-order valence-corrected chi connectivity index (χ0v) is 22.4. The topological polar surface area (TPSA) is 146 Å². The van der Waals surface area contributed by atoms with Gasteiger partial charge in [0.1, 0.15) is 23.8 Å². The van der Waals surface area contributed by atoms with Gasteiger partial charge in [-0.1, -0.05) is 40.5 Å². The highest BCUT2D eigenvalue weighted by Gasteiger charge is 2.55. The normalized spacial score (nSPS) is 26.2. The lowest BCUT2D eigenvalue weighted by atomic mass is 10.2. The zero-order chi connectivity index (χ0) is 26.7. The summed E-state index contributed by atoms with van der Waals surface area (Å²) in [5.41, 5.74) is -1.48. The lowest BCUT2D eigenvalue weighted by Crippen LogP contribution is -2.40. The maximum Gasteiger partial charge on any atom is 0.380 e. The van der Waals surface area contributed by atoms with Gasteiger partial charge in [0.25, 0.3) is 5.56 Å². The van der Waals surface area contributed by atoms with Gasteiger partial charge in [0.05, 0.1) is 25.3 Å². The van der Waals surface area contributed by atoms with Gasteiger partial charge >= 0.3 is 19.3 Å². The van der Waals surface area contributed by atoms with Gasteiger partial charge in [-0.15, -0.1) is 0 Å². The van der Waals surface area contributed by atoms with Crippen molar-refractivity contribution in [2.75, 3.05) is 19.4 Å². The first-order valence-corrected chi connectivity index (χ1v) is 13.6. The Morgan fingerprint density at radius 3 is 2.78 bits per heavy atom. The van der Waals surface area contributed by atoms with Crippen LogP contribution in [0.1, 0.15) is 20.1 Å². The molecular formula is C21H24BrClFN2O9P. The number of benzene rings is 1. The van der Waals surface area contributed by atoms with E-state index in [4.69, 9.17) is 30.1 Å². The quantitative estimate of drug-likeness (QED) is 0.235. The maximum atomic E-state index is 13.7. The highest BCUT2D eigenvalue weighted by atomic mass is 79.9. The first-order chi connectivity index (χ1) is 16.9. The van der Waals surface area contributed by atoms with Crippen molar-refractivity contribution in [1.82, 2.24) is 9.55 Å². The van der Waals surface area contributed by atoms with Crippen molar-refractivity contribution in [3.8, 4) is 5.75 Å². The number of nitrogens with one attached hydrogen (secondary N) is 1. The van der Waals surface area contributed by atoms with E-state index < -0.39 is 71.5 Å². The fraction of sp³-hybridized carbons (Fsp3) is 0.476. The third-order valence-corrected chi connectivity index (χ3v) is 8.44. The van der Waals surface area contributed by atoms with Crippen molar-refractivity contribution in [3.05, 3.63) is 63.2 Å². The fourth-order valence-corrected chi connectivity index (χ4v) is 6.18. The number of halogens is 3. The molecule has 0 spiro atoms. The van der Waals surface area contributed by atoms with E-state index in [0.29, 0.717) is 0 Å². The molecule has 36 heavy (non-hydrogen) atoms. The standard InChI is InChI=1S/C21H24BrClFN2O9P/c1-3-32-18(29)12(2)11-36(31,35-14-6-4-5-13(24)9-14)33-10-15-17(28)21(22,23)19(34-15)26-8-7-16(27)25-20(26)30/h4-9,12,15,17,19,28H,3,10-11H2,1-2H3,(H,25,27,30)/t12-,15-,17-,19-,21+,36+/m1/s1. The van der Waals surface area contributed by atoms with Gasteiger partial charge in [0, 0.05) is 18.3 Å². The van der Waals surface area contributed by atoms with Crippen molar-refractivity contribution in [1.29, 1.82) is 0 Å². The predicted molar refractivity (Wildman–Crippen MR) is 130 cm³/mol. The van der Waals surface area contributed by atoms with Crippen molar-refractivity contribution >= 4 is 41.1 Å². The second-order valence-electron chi connectivity index (χ2n) is 7.95. The molecule has 1 fully saturated rings. The number of H-pyrrole nitrogens is 1. The van der Waals surface area contributed by atoms with Crippen LogP contribution in [0.15, 0.2) is 46.1 Å². The summed E-state index contributed by atoms with van der Waals surface area (Å²) >= 11 is 9.56. The lowest BCUT2D eigenvalue weighted by Gasteiger charge is -2.25. The van der Waals surface area contributed by atoms with Crippen LogP contribution < -0.4 is 15.8 Å². The fourth-order valence-electron chi connectivity index (χ4n) is 3.40. The summed E-state index contributed by atoms with van der Waals surface area (Å²) in [6.07, 6.45) is -3.30. The Kier molecular flexibility index (Phi) is 9.18. The summed E-state index contributed by atoms with van der Waals surface area (Å²) in [6.45, 7) is 2.64. The molecule has 0 aliphatic carbocycles. The molecule has 2 heterocycles. The van der Waals surface area contributed by atoms with Crippen LogP contribution in [0.4, 0.5) is 4.39 Å². The number of aliphatic hydroxyl groups is 1. The van der Waals surface area contributed by atoms with Crippen LogP contribution in [-0.4, -0.2) is 56.0 Å². The Balaban J connectivity index is 1.82. The molecule has 1 aliphatic rings. The number of hydrogen-bond donors (Lipinski definition) is 2. The molecule has 198 valence electrons. The Bertz CT molecular complexity index is 1260. The van der Waals surface area contributed by atoms with Gasteiger partial charge in [0.15, 0.2) is 10.0 Å². The lowest BCUT2D eigenvalue weighted by molar-refractivity contribution is -0.146.